The van der Waals surface area contributed by atoms with Crippen molar-refractivity contribution in [3.05, 3.63) is 46.5 Å². The zero-order valence-electron chi connectivity index (χ0n) is 20.5. The summed E-state index contributed by atoms with van der Waals surface area (Å²) in [4.78, 5) is 22.1. The molecule has 0 saturated carbocycles. The predicted molar refractivity (Wildman–Crippen MR) is 124 cm³/mol. The van der Waals surface area contributed by atoms with Gasteiger partial charge in [0.25, 0.3) is 0 Å². The number of esters is 1. The minimum absolute atomic E-state index is 0. The van der Waals surface area contributed by atoms with Crippen LogP contribution < -0.4 is 29.8 Å². The van der Waals surface area contributed by atoms with Crippen molar-refractivity contribution in [1.82, 2.24) is 0 Å². The number of phenols is 2. The van der Waals surface area contributed by atoms with E-state index in [0.29, 0.717) is 23.1 Å². The summed E-state index contributed by atoms with van der Waals surface area (Å²) >= 11 is 0. The molecule has 2 aromatic carbocycles. The van der Waals surface area contributed by atoms with Gasteiger partial charge in [-0.1, -0.05) is 0 Å². The maximum atomic E-state index is 11.5. The van der Waals surface area contributed by atoms with Crippen LogP contribution in [0.5, 0.6) is 11.5 Å². The number of aliphatic carboxylic acids is 1. The Kier molecular flexibility index (Phi) is 11.5. The second-order valence-corrected chi connectivity index (χ2v) is 8.09. The minimum atomic E-state index is -1.16. The maximum absolute atomic E-state index is 11.5. The molecule has 6 N–H and O–H groups in total. The molecular weight excluding hydrogens is 469 g/mol. The van der Waals surface area contributed by atoms with Crippen LogP contribution in [-0.4, -0.2) is 63.6 Å². The van der Waals surface area contributed by atoms with Gasteiger partial charge in [-0.05, 0) is 78.2 Å². The molecule has 0 radical (unpaired) electrons. The third kappa shape index (κ3) is 7.05. The van der Waals surface area contributed by atoms with E-state index in [2.05, 4.69) is 0 Å². The van der Waals surface area contributed by atoms with E-state index in [1.807, 2.05) is 0 Å². The number of carboxylic acids is 1. The Labute approximate surface area is 220 Å². The molecule has 188 valence electrons. The molecule has 2 heterocycles. The molecule has 2 aliphatic heterocycles. The number of carboxylic acid groups (broad SMARTS) is 1. The van der Waals surface area contributed by atoms with Gasteiger partial charge in [0.2, 0.25) is 0 Å². The van der Waals surface area contributed by atoms with Gasteiger partial charge in [-0.25, -0.2) is 0 Å². The maximum Gasteiger partial charge on any atom is 1.00 e. The van der Waals surface area contributed by atoms with Crippen molar-refractivity contribution in [2.75, 3.05) is 6.61 Å². The van der Waals surface area contributed by atoms with Gasteiger partial charge in [-0.15, -0.1) is 0 Å². The van der Waals surface area contributed by atoms with E-state index in [1.54, 1.807) is 26.8 Å². The zero-order valence-corrected chi connectivity index (χ0v) is 20.5. The first kappa shape index (κ1) is 31.5. The van der Waals surface area contributed by atoms with Crippen molar-refractivity contribution in [2.45, 2.75) is 45.8 Å². The fraction of sp³-hybridized carbons (Fsp3) is 0.364. The van der Waals surface area contributed by atoms with E-state index in [9.17, 15) is 29.9 Å². The molecule has 2 unspecified atom stereocenters. The molecule has 11 nitrogen and oxygen atoms in total. The third-order valence-corrected chi connectivity index (χ3v) is 5.59. The molecule has 0 aliphatic carbocycles. The smallest absolute Gasteiger partial charge is 0.870 e. The summed E-state index contributed by atoms with van der Waals surface area (Å²) in [5, 5.41) is 46.9. The Hall–Kier alpha value is -2.49. The Morgan fingerprint density at radius 1 is 0.889 bits per heavy atom. The van der Waals surface area contributed by atoms with Gasteiger partial charge in [0, 0.05) is 0 Å². The first-order valence-electron chi connectivity index (χ1n) is 10.7. The predicted octanol–water partition coefficient (Wildman–Crippen LogP) is -2.83. The van der Waals surface area contributed by atoms with E-state index in [1.165, 1.54) is 18.2 Å². The van der Waals surface area contributed by atoms with E-state index in [0.717, 1.165) is 16.7 Å². The Balaban J connectivity index is 0.000000343. The molecule has 4 rings (SSSR count). The number of hydrogen-bond donors (Lipinski definition) is 5. The average Bonchev–Trinajstić information content (AvgIpc) is 3.18. The summed E-state index contributed by atoms with van der Waals surface area (Å²) < 4.78 is 15.3. The molecular formula is C22H27B2LiO11. The largest absolute Gasteiger partial charge is 1.00 e. The van der Waals surface area contributed by atoms with E-state index in [-0.39, 0.29) is 54.6 Å². The van der Waals surface area contributed by atoms with Gasteiger partial charge in [0.1, 0.15) is 11.5 Å². The number of carbonyl (C=O) groups excluding carboxylic acids is 1. The van der Waals surface area contributed by atoms with Crippen LogP contribution in [0.25, 0.3) is 0 Å². The molecule has 0 bridgehead atoms. The van der Waals surface area contributed by atoms with Crippen molar-refractivity contribution < 1.29 is 73.3 Å². The number of ether oxygens (including phenoxy) is 1. The summed E-state index contributed by atoms with van der Waals surface area (Å²) in [5.41, 5.74) is 3.89. The quantitative estimate of drug-likeness (QED) is 0.212. The normalized spacial score (nSPS) is 17.1. The van der Waals surface area contributed by atoms with Gasteiger partial charge in [-0.3, -0.25) is 9.59 Å². The van der Waals surface area contributed by atoms with E-state index < -0.39 is 32.4 Å². The van der Waals surface area contributed by atoms with Gasteiger partial charge in [0.15, 0.2) is 0 Å². The van der Waals surface area contributed by atoms with Crippen LogP contribution in [0.1, 0.15) is 54.2 Å². The summed E-state index contributed by atoms with van der Waals surface area (Å²) in [6.45, 7) is 5.60. The van der Waals surface area contributed by atoms with Crippen LogP contribution in [0.2, 0.25) is 0 Å². The molecule has 2 aliphatic rings. The molecule has 14 heteroatoms. The van der Waals surface area contributed by atoms with E-state index >= 15 is 0 Å². The third-order valence-electron chi connectivity index (χ3n) is 5.59. The number of aromatic hydroxyl groups is 2. The molecule has 0 saturated heterocycles. The standard InChI is InChI=1S/C12H15BO5.C10H11BO5.Li.H2O/c1-3-17-11(15)6-10-12-7(2)4-8(14)5-9(12)13(16)18-10;1-5-2-6(12)3-7-10(5)8(4-9(13)14)16-11(7)15;;/h4-5,10,14,16H,3,6H2,1-2H3;2-3,8,12,15H,4H2,1H3,(H,13,14);;1H2/q;;+1;/p-1. The zero-order chi connectivity index (χ0) is 25.2. The Morgan fingerprint density at radius 3 is 1.69 bits per heavy atom. The van der Waals surface area contributed by atoms with Crippen molar-refractivity contribution in [3.8, 4) is 11.5 Å². The number of benzene rings is 2. The molecule has 2 atom stereocenters. The minimum Gasteiger partial charge on any atom is -0.870 e. The fourth-order valence-electron chi connectivity index (χ4n) is 4.32. The van der Waals surface area contributed by atoms with Gasteiger partial charge in [0.05, 0.1) is 31.7 Å². The SMILES string of the molecule is CCOC(=O)CC1OB(O)c2cc(O)cc(C)c21.Cc1cc(O)cc2c1C(CC(=O)O)OB2O.[Li+].[OH-]. The van der Waals surface area contributed by atoms with E-state index in [4.69, 9.17) is 19.2 Å². The second-order valence-electron chi connectivity index (χ2n) is 8.09. The first-order valence-corrected chi connectivity index (χ1v) is 10.7. The van der Waals surface area contributed by atoms with Crippen LogP contribution in [0.3, 0.4) is 0 Å². The van der Waals surface area contributed by atoms with Crippen molar-refractivity contribution in [2.24, 2.45) is 0 Å². The van der Waals surface area contributed by atoms with Gasteiger partial charge >= 0.3 is 45.0 Å². The van der Waals surface area contributed by atoms with Gasteiger partial charge < -0.3 is 44.9 Å². The summed E-state index contributed by atoms with van der Waals surface area (Å²) in [5.74, 6) is -1.24. The number of fused-ring (bicyclic) bond motifs is 2. The Morgan fingerprint density at radius 2 is 1.31 bits per heavy atom. The summed E-state index contributed by atoms with van der Waals surface area (Å²) in [6.07, 6.45) is -1.31. The number of rotatable bonds is 5. The number of phenolic OH excluding ortho intramolecular Hbond substituents is 2. The van der Waals surface area contributed by atoms with Crippen LogP contribution in [0, 0.1) is 13.8 Å². The fourth-order valence-corrected chi connectivity index (χ4v) is 4.32. The van der Waals surface area contributed by atoms with Crippen LogP contribution in [-0.2, 0) is 23.6 Å². The second kappa shape index (κ2) is 13.2. The van der Waals surface area contributed by atoms with Crippen LogP contribution in [0.4, 0.5) is 0 Å². The van der Waals surface area contributed by atoms with Gasteiger partial charge in [-0.2, -0.15) is 0 Å². The molecule has 0 fully saturated rings. The van der Waals surface area contributed by atoms with Crippen LogP contribution in [0.15, 0.2) is 24.3 Å². The number of hydrogen-bond acceptors (Lipinski definition) is 10. The molecule has 0 spiro atoms. The van der Waals surface area contributed by atoms with Crippen molar-refractivity contribution >= 4 is 37.1 Å². The summed E-state index contributed by atoms with van der Waals surface area (Å²) in [6, 6.07) is 5.96. The molecule has 0 amide bonds. The number of carbonyl (C=O) groups is 2. The average molecular weight is 496 g/mol. The molecule has 2 aromatic rings. The topological polar surface area (TPSA) is 193 Å². The summed E-state index contributed by atoms with van der Waals surface area (Å²) in [7, 11) is -2.27. The number of aryl methyl sites for hydroxylation is 2. The Bertz CT molecular complexity index is 1100. The molecule has 36 heavy (non-hydrogen) atoms. The monoisotopic (exact) mass is 496 g/mol. The van der Waals surface area contributed by atoms with Crippen molar-refractivity contribution in [1.29, 1.82) is 0 Å². The van der Waals surface area contributed by atoms with Crippen LogP contribution >= 0.6 is 0 Å². The first-order chi connectivity index (χ1) is 16.0. The van der Waals surface area contributed by atoms with Crippen molar-refractivity contribution in [3.63, 3.8) is 0 Å². The molecule has 0 aromatic heterocycles.